The molecule has 0 heterocycles. The van der Waals surface area contributed by atoms with Gasteiger partial charge in [-0.2, -0.15) is 0 Å². The Morgan fingerprint density at radius 3 is 2.19 bits per heavy atom. The lowest BCUT2D eigenvalue weighted by atomic mass is 10.1. The molecule has 0 unspecified atom stereocenters. The van der Waals surface area contributed by atoms with Crippen LogP contribution in [0.4, 0.5) is 5.69 Å². The maximum Gasteiger partial charge on any atom is 0.341 e. The molecule has 0 saturated carbocycles. The van der Waals surface area contributed by atoms with Crippen molar-refractivity contribution in [2.75, 3.05) is 24.6 Å². The highest BCUT2D eigenvalue weighted by Crippen LogP contribution is 2.26. The minimum absolute atomic E-state index is 0.305. The van der Waals surface area contributed by atoms with Gasteiger partial charge >= 0.3 is 5.97 Å². The molecule has 0 bridgehead atoms. The summed E-state index contributed by atoms with van der Waals surface area (Å²) in [5, 5.41) is 8.65. The number of anilines is 1. The van der Waals surface area contributed by atoms with Crippen LogP contribution >= 0.6 is 0 Å². The van der Waals surface area contributed by atoms with Crippen LogP contribution in [-0.4, -0.2) is 30.8 Å². The van der Waals surface area contributed by atoms with Crippen molar-refractivity contribution in [1.82, 2.24) is 0 Å². The third-order valence-electron chi connectivity index (χ3n) is 3.04. The number of hydrogen-bond acceptors (Lipinski definition) is 3. The van der Waals surface area contributed by atoms with Crippen molar-refractivity contribution in [2.45, 2.75) is 34.6 Å². The molecule has 4 nitrogen and oxygen atoms in total. The Labute approximate surface area is 127 Å². The molecule has 1 aromatic rings. The minimum atomic E-state index is -0.960. The molecule has 1 aromatic carbocycles. The first kappa shape index (κ1) is 17.3. The van der Waals surface area contributed by atoms with Gasteiger partial charge in [0.2, 0.25) is 0 Å². The summed E-state index contributed by atoms with van der Waals surface area (Å²) in [5.41, 5.74) is 2.30. The van der Waals surface area contributed by atoms with Crippen molar-refractivity contribution in [3.8, 4) is 5.75 Å². The number of hydrogen-bond donors (Lipinski definition) is 1. The molecule has 0 aliphatic carbocycles. The van der Waals surface area contributed by atoms with Crippen LogP contribution in [0.2, 0.25) is 0 Å². The summed E-state index contributed by atoms with van der Waals surface area (Å²) in [6, 6.07) is 5.78. The van der Waals surface area contributed by atoms with Crippen molar-refractivity contribution < 1.29 is 14.6 Å². The summed E-state index contributed by atoms with van der Waals surface area (Å²) in [4.78, 5) is 12.9. The number of carboxylic acids is 1. The van der Waals surface area contributed by atoms with Crippen molar-refractivity contribution in [1.29, 1.82) is 0 Å². The molecule has 0 amide bonds. The molecule has 0 atom stereocenters. The Hall–Kier alpha value is -1.71. The van der Waals surface area contributed by atoms with Crippen molar-refractivity contribution >= 4 is 11.7 Å². The molecule has 0 radical (unpaired) electrons. The molecule has 0 aliphatic heterocycles. The Kier molecular flexibility index (Phi) is 6.53. The summed E-state index contributed by atoms with van der Waals surface area (Å²) in [6.07, 6.45) is 0. The zero-order valence-electron chi connectivity index (χ0n) is 13.7. The summed E-state index contributed by atoms with van der Waals surface area (Å²) >= 11 is 0. The van der Waals surface area contributed by atoms with Gasteiger partial charge in [-0.05, 0) is 42.5 Å². The van der Waals surface area contributed by atoms with E-state index in [2.05, 4.69) is 32.6 Å². The highest BCUT2D eigenvalue weighted by molar-refractivity contribution is 5.68. The third kappa shape index (κ3) is 6.06. The normalized spacial score (nSPS) is 11.0. The average Bonchev–Trinajstić information content (AvgIpc) is 2.34. The number of carbonyl (C=O) groups is 1. The molecule has 0 aliphatic rings. The lowest BCUT2D eigenvalue weighted by Gasteiger charge is -2.30. The van der Waals surface area contributed by atoms with Gasteiger partial charge in [-0.3, -0.25) is 0 Å². The van der Waals surface area contributed by atoms with Gasteiger partial charge in [-0.15, -0.1) is 0 Å². The fourth-order valence-electron chi connectivity index (χ4n) is 2.37. The van der Waals surface area contributed by atoms with E-state index in [1.807, 2.05) is 25.1 Å². The van der Waals surface area contributed by atoms with Gasteiger partial charge in [0.15, 0.2) is 6.61 Å². The lowest BCUT2D eigenvalue weighted by Crippen LogP contribution is -2.31. The number of carboxylic acid groups (broad SMARTS) is 1. The first-order chi connectivity index (χ1) is 9.79. The first-order valence-electron chi connectivity index (χ1n) is 7.49. The number of ether oxygens (including phenoxy) is 1. The van der Waals surface area contributed by atoms with Gasteiger partial charge in [0, 0.05) is 18.8 Å². The highest BCUT2D eigenvalue weighted by Gasteiger charge is 2.13. The maximum atomic E-state index is 10.5. The summed E-state index contributed by atoms with van der Waals surface area (Å²) in [5.74, 6) is 0.822. The number of aliphatic carboxylic acids is 1. The fraction of sp³-hybridized carbons (Fsp3) is 0.588. The van der Waals surface area contributed by atoms with Crippen LogP contribution < -0.4 is 9.64 Å². The second-order valence-corrected chi connectivity index (χ2v) is 6.32. The van der Waals surface area contributed by atoms with Crippen LogP contribution in [0.3, 0.4) is 0 Å². The van der Waals surface area contributed by atoms with E-state index in [9.17, 15) is 4.79 Å². The van der Waals surface area contributed by atoms with E-state index in [1.165, 1.54) is 5.69 Å². The molecular weight excluding hydrogens is 266 g/mol. The van der Waals surface area contributed by atoms with E-state index in [1.54, 1.807) is 0 Å². The second-order valence-electron chi connectivity index (χ2n) is 6.32. The molecule has 118 valence electrons. The van der Waals surface area contributed by atoms with Crippen LogP contribution in [0.5, 0.6) is 5.75 Å². The van der Waals surface area contributed by atoms with E-state index in [0.717, 1.165) is 18.7 Å². The summed E-state index contributed by atoms with van der Waals surface area (Å²) in [7, 11) is 0. The molecule has 21 heavy (non-hydrogen) atoms. The quantitative estimate of drug-likeness (QED) is 0.796. The SMILES string of the molecule is Cc1cc(OCC(=O)O)ccc1N(CC(C)C)CC(C)C. The van der Waals surface area contributed by atoms with Gasteiger partial charge in [0.05, 0.1) is 0 Å². The van der Waals surface area contributed by atoms with E-state index in [0.29, 0.717) is 17.6 Å². The predicted octanol–water partition coefficient (Wildman–Crippen LogP) is 3.58. The van der Waals surface area contributed by atoms with Crippen molar-refractivity contribution in [3.63, 3.8) is 0 Å². The standard InChI is InChI=1S/C17H27NO3/c1-12(2)9-18(10-13(3)4)16-7-6-15(8-14(16)5)21-11-17(19)20/h6-8,12-13H,9-11H2,1-5H3,(H,19,20). The van der Waals surface area contributed by atoms with Crippen molar-refractivity contribution in [3.05, 3.63) is 23.8 Å². The Morgan fingerprint density at radius 2 is 1.76 bits per heavy atom. The highest BCUT2D eigenvalue weighted by atomic mass is 16.5. The fourth-order valence-corrected chi connectivity index (χ4v) is 2.37. The summed E-state index contributed by atoms with van der Waals surface area (Å²) in [6.45, 7) is 12.6. The van der Waals surface area contributed by atoms with Crippen LogP contribution in [0, 0.1) is 18.8 Å². The molecule has 0 aromatic heterocycles. The number of benzene rings is 1. The molecule has 0 fully saturated rings. The van der Waals surface area contributed by atoms with Crippen molar-refractivity contribution in [2.24, 2.45) is 11.8 Å². The van der Waals surface area contributed by atoms with E-state index >= 15 is 0 Å². The van der Waals surface area contributed by atoms with E-state index in [4.69, 9.17) is 9.84 Å². The topological polar surface area (TPSA) is 49.8 Å². The molecular formula is C17H27NO3. The second kappa shape index (κ2) is 7.91. The third-order valence-corrected chi connectivity index (χ3v) is 3.04. The minimum Gasteiger partial charge on any atom is -0.482 e. The van der Waals surface area contributed by atoms with Crippen LogP contribution in [-0.2, 0) is 4.79 Å². The molecule has 4 heteroatoms. The van der Waals surface area contributed by atoms with Crippen LogP contribution in [0.1, 0.15) is 33.3 Å². The van der Waals surface area contributed by atoms with E-state index in [-0.39, 0.29) is 6.61 Å². The zero-order chi connectivity index (χ0) is 16.0. The van der Waals surface area contributed by atoms with Crippen LogP contribution in [0.25, 0.3) is 0 Å². The van der Waals surface area contributed by atoms with Gasteiger partial charge in [-0.25, -0.2) is 4.79 Å². The Bertz CT molecular complexity index is 459. The molecule has 1 N–H and O–H groups in total. The molecule has 0 saturated heterocycles. The van der Waals surface area contributed by atoms with Crippen LogP contribution in [0.15, 0.2) is 18.2 Å². The Balaban J connectivity index is 2.90. The largest absolute Gasteiger partial charge is 0.482 e. The first-order valence-corrected chi connectivity index (χ1v) is 7.49. The molecule has 1 rings (SSSR count). The number of rotatable bonds is 8. The smallest absolute Gasteiger partial charge is 0.341 e. The number of nitrogens with zero attached hydrogens (tertiary/aromatic N) is 1. The average molecular weight is 293 g/mol. The zero-order valence-corrected chi connectivity index (χ0v) is 13.7. The summed E-state index contributed by atoms with van der Waals surface area (Å²) < 4.78 is 5.23. The predicted molar refractivity (Wildman–Crippen MR) is 86.2 cm³/mol. The van der Waals surface area contributed by atoms with Gasteiger partial charge < -0.3 is 14.7 Å². The molecule has 0 spiro atoms. The monoisotopic (exact) mass is 293 g/mol. The maximum absolute atomic E-state index is 10.5. The lowest BCUT2D eigenvalue weighted by molar-refractivity contribution is -0.139. The van der Waals surface area contributed by atoms with Gasteiger partial charge in [0.1, 0.15) is 5.75 Å². The Morgan fingerprint density at radius 1 is 1.19 bits per heavy atom. The van der Waals surface area contributed by atoms with E-state index < -0.39 is 5.97 Å². The van der Waals surface area contributed by atoms with Gasteiger partial charge in [-0.1, -0.05) is 27.7 Å². The number of aryl methyl sites for hydroxylation is 1. The van der Waals surface area contributed by atoms with Gasteiger partial charge in [0.25, 0.3) is 0 Å².